The van der Waals surface area contributed by atoms with Gasteiger partial charge in [-0.1, -0.05) is 43.4 Å². The van der Waals surface area contributed by atoms with Crippen molar-refractivity contribution in [1.82, 2.24) is 4.98 Å². The first-order chi connectivity index (χ1) is 5.04. The normalized spacial score (nSPS) is 12.0. The topological polar surface area (TPSA) is 12.9 Å². The Morgan fingerprint density at radius 3 is 2.45 bits per heavy atom. The average Bonchev–Trinajstić information content (AvgIpc) is 2.32. The molecule has 0 aliphatic heterocycles. The predicted molar refractivity (Wildman–Crippen MR) is 58.5 cm³/mol. The standard InChI is InChI=1S/C8H12INS/c1-8(2,3)6-5-11-7(4-9)10-6/h5H,4H2,1-3H3. The van der Waals surface area contributed by atoms with Gasteiger partial charge in [0.15, 0.2) is 0 Å². The maximum Gasteiger partial charge on any atom is 0.103 e. The molecular formula is C8H12INS. The van der Waals surface area contributed by atoms with Gasteiger partial charge in [0, 0.05) is 10.8 Å². The van der Waals surface area contributed by atoms with Crippen LogP contribution in [0, 0.1) is 0 Å². The van der Waals surface area contributed by atoms with E-state index in [1.165, 1.54) is 10.7 Å². The van der Waals surface area contributed by atoms with Crippen LogP contribution < -0.4 is 0 Å². The third-order valence-electron chi connectivity index (χ3n) is 1.43. The molecule has 0 N–H and O–H groups in total. The summed E-state index contributed by atoms with van der Waals surface area (Å²) >= 11 is 4.10. The SMILES string of the molecule is CC(C)(C)c1csc(CI)n1. The van der Waals surface area contributed by atoms with Gasteiger partial charge in [-0.3, -0.25) is 0 Å². The minimum atomic E-state index is 0.209. The molecule has 3 heteroatoms. The number of aromatic nitrogens is 1. The number of halogens is 1. The Bertz CT molecular complexity index is 236. The van der Waals surface area contributed by atoms with E-state index in [4.69, 9.17) is 0 Å². The largest absolute Gasteiger partial charge is 0.245 e. The summed E-state index contributed by atoms with van der Waals surface area (Å²) in [5.74, 6) is 0. The van der Waals surface area contributed by atoms with Crippen molar-refractivity contribution in [3.05, 3.63) is 16.1 Å². The van der Waals surface area contributed by atoms with Crippen LogP contribution in [0.15, 0.2) is 5.38 Å². The van der Waals surface area contributed by atoms with Gasteiger partial charge in [-0.25, -0.2) is 4.98 Å². The second-order valence-electron chi connectivity index (χ2n) is 3.51. The van der Waals surface area contributed by atoms with E-state index in [2.05, 4.69) is 53.7 Å². The van der Waals surface area contributed by atoms with Crippen molar-refractivity contribution < 1.29 is 0 Å². The first-order valence-electron chi connectivity index (χ1n) is 3.55. The van der Waals surface area contributed by atoms with Crippen LogP contribution in [0.2, 0.25) is 0 Å². The molecule has 0 bridgehead atoms. The van der Waals surface area contributed by atoms with Crippen molar-refractivity contribution in [2.45, 2.75) is 30.6 Å². The smallest absolute Gasteiger partial charge is 0.103 e. The molecule has 1 nitrogen and oxygen atoms in total. The molecule has 1 aromatic rings. The second kappa shape index (κ2) is 3.39. The van der Waals surface area contributed by atoms with E-state index in [0.717, 1.165) is 4.43 Å². The van der Waals surface area contributed by atoms with Crippen LogP contribution in [0.25, 0.3) is 0 Å². The number of alkyl halides is 1. The van der Waals surface area contributed by atoms with Crippen molar-refractivity contribution in [1.29, 1.82) is 0 Å². The highest BCUT2D eigenvalue weighted by Crippen LogP contribution is 2.24. The van der Waals surface area contributed by atoms with E-state index in [-0.39, 0.29) is 5.41 Å². The van der Waals surface area contributed by atoms with Crippen molar-refractivity contribution in [3.8, 4) is 0 Å². The van der Waals surface area contributed by atoms with Crippen LogP contribution >= 0.6 is 33.9 Å². The van der Waals surface area contributed by atoms with Crippen molar-refractivity contribution >= 4 is 33.9 Å². The zero-order chi connectivity index (χ0) is 8.48. The molecule has 0 spiro atoms. The third kappa shape index (κ3) is 2.40. The van der Waals surface area contributed by atoms with E-state index in [0.29, 0.717) is 0 Å². The molecule has 11 heavy (non-hydrogen) atoms. The fraction of sp³-hybridized carbons (Fsp3) is 0.625. The van der Waals surface area contributed by atoms with Gasteiger partial charge < -0.3 is 0 Å². The third-order valence-corrected chi connectivity index (χ3v) is 3.52. The summed E-state index contributed by atoms with van der Waals surface area (Å²) in [5.41, 5.74) is 1.43. The molecule has 0 saturated heterocycles. The molecule has 0 amide bonds. The highest BCUT2D eigenvalue weighted by Gasteiger charge is 2.16. The van der Waals surface area contributed by atoms with E-state index in [1.807, 2.05) is 0 Å². The maximum atomic E-state index is 4.51. The molecule has 62 valence electrons. The number of rotatable bonds is 1. The lowest BCUT2D eigenvalue weighted by molar-refractivity contribution is 0.572. The summed E-state index contributed by atoms with van der Waals surface area (Å²) in [6, 6.07) is 0. The summed E-state index contributed by atoms with van der Waals surface area (Å²) in [5, 5.41) is 3.39. The molecule has 0 aliphatic carbocycles. The molecule has 1 aromatic heterocycles. The molecule has 0 unspecified atom stereocenters. The van der Waals surface area contributed by atoms with Gasteiger partial charge in [-0.05, 0) is 0 Å². The van der Waals surface area contributed by atoms with Crippen LogP contribution in [0.5, 0.6) is 0 Å². The van der Waals surface area contributed by atoms with Crippen LogP contribution in [-0.2, 0) is 9.84 Å². The number of hydrogen-bond acceptors (Lipinski definition) is 2. The highest BCUT2D eigenvalue weighted by atomic mass is 127. The predicted octanol–water partition coefficient (Wildman–Crippen LogP) is 3.38. The van der Waals surface area contributed by atoms with E-state index < -0.39 is 0 Å². The Morgan fingerprint density at radius 2 is 2.18 bits per heavy atom. The summed E-state index contributed by atoms with van der Waals surface area (Å²) in [6.07, 6.45) is 0. The molecule has 0 radical (unpaired) electrons. The fourth-order valence-corrected chi connectivity index (χ4v) is 2.29. The fourth-order valence-electron chi connectivity index (χ4n) is 0.717. The first kappa shape index (κ1) is 9.45. The lowest BCUT2D eigenvalue weighted by atomic mass is 9.93. The quantitative estimate of drug-likeness (QED) is 0.568. The highest BCUT2D eigenvalue weighted by molar-refractivity contribution is 14.1. The van der Waals surface area contributed by atoms with Crippen LogP contribution in [0.1, 0.15) is 31.5 Å². The Balaban J connectivity index is 2.89. The van der Waals surface area contributed by atoms with Crippen molar-refractivity contribution in [3.63, 3.8) is 0 Å². The molecule has 0 saturated carbocycles. The summed E-state index contributed by atoms with van der Waals surface area (Å²) in [7, 11) is 0. The van der Waals surface area contributed by atoms with Gasteiger partial charge in [0.25, 0.3) is 0 Å². The van der Waals surface area contributed by atoms with E-state index in [1.54, 1.807) is 11.3 Å². The maximum absolute atomic E-state index is 4.51. The van der Waals surface area contributed by atoms with Crippen LogP contribution in [0.4, 0.5) is 0 Å². The van der Waals surface area contributed by atoms with E-state index in [9.17, 15) is 0 Å². The van der Waals surface area contributed by atoms with Crippen molar-refractivity contribution in [2.75, 3.05) is 0 Å². The average molecular weight is 281 g/mol. The zero-order valence-corrected chi connectivity index (χ0v) is 9.99. The summed E-state index contributed by atoms with van der Waals surface area (Å²) < 4.78 is 1.03. The van der Waals surface area contributed by atoms with E-state index >= 15 is 0 Å². The number of hydrogen-bond donors (Lipinski definition) is 0. The molecule has 0 atom stereocenters. The molecule has 0 aliphatic rings. The van der Waals surface area contributed by atoms with Gasteiger partial charge in [0.05, 0.1) is 10.1 Å². The molecule has 0 fully saturated rings. The zero-order valence-electron chi connectivity index (χ0n) is 7.02. The summed E-state index contributed by atoms with van der Waals surface area (Å²) in [6.45, 7) is 6.58. The lowest BCUT2D eigenvalue weighted by Gasteiger charge is -2.13. The Morgan fingerprint density at radius 1 is 1.55 bits per heavy atom. The van der Waals surface area contributed by atoms with Crippen molar-refractivity contribution in [2.24, 2.45) is 0 Å². The monoisotopic (exact) mass is 281 g/mol. The molecular weight excluding hydrogens is 269 g/mol. The van der Waals surface area contributed by atoms with Gasteiger partial charge in [0.1, 0.15) is 5.01 Å². The second-order valence-corrected chi connectivity index (χ2v) is 5.22. The van der Waals surface area contributed by atoms with Gasteiger partial charge in [-0.2, -0.15) is 0 Å². The number of thiazole rings is 1. The number of nitrogens with zero attached hydrogens (tertiary/aromatic N) is 1. The molecule has 0 aromatic carbocycles. The summed E-state index contributed by atoms with van der Waals surface area (Å²) in [4.78, 5) is 4.51. The van der Waals surface area contributed by atoms with Crippen LogP contribution in [0.3, 0.4) is 0 Å². The Hall–Kier alpha value is 0.360. The minimum absolute atomic E-state index is 0.209. The first-order valence-corrected chi connectivity index (χ1v) is 5.95. The van der Waals surface area contributed by atoms with Crippen LogP contribution in [-0.4, -0.2) is 4.98 Å². The molecule has 1 rings (SSSR count). The lowest BCUT2D eigenvalue weighted by Crippen LogP contribution is -2.11. The van der Waals surface area contributed by atoms with Gasteiger partial charge >= 0.3 is 0 Å². The minimum Gasteiger partial charge on any atom is -0.245 e. The van der Waals surface area contributed by atoms with Gasteiger partial charge in [0.2, 0.25) is 0 Å². The Kier molecular flexibility index (Phi) is 2.91. The van der Waals surface area contributed by atoms with Gasteiger partial charge in [-0.15, -0.1) is 11.3 Å². The molecule has 1 heterocycles. The Labute approximate surface area is 85.4 Å².